The van der Waals surface area contributed by atoms with Gasteiger partial charge in [-0.1, -0.05) is 29.5 Å². The van der Waals surface area contributed by atoms with Gasteiger partial charge in [-0.15, -0.1) is 10.2 Å². The molecule has 1 atom stereocenters. The monoisotopic (exact) mass is 462 g/mol. The average molecular weight is 463 g/mol. The van der Waals surface area contributed by atoms with E-state index in [0.29, 0.717) is 11.3 Å². The first-order chi connectivity index (χ1) is 16.0. The Morgan fingerprint density at radius 1 is 1.27 bits per heavy atom. The van der Waals surface area contributed by atoms with Gasteiger partial charge in [-0.3, -0.25) is 4.79 Å². The fourth-order valence-electron chi connectivity index (χ4n) is 4.12. The van der Waals surface area contributed by atoms with Crippen LogP contribution in [0.1, 0.15) is 49.4 Å². The van der Waals surface area contributed by atoms with E-state index in [2.05, 4.69) is 33.7 Å². The van der Waals surface area contributed by atoms with Crippen molar-refractivity contribution in [3.05, 3.63) is 53.1 Å². The summed E-state index contributed by atoms with van der Waals surface area (Å²) >= 11 is 1.49. The number of amides is 1. The number of hydrogen-bond acceptors (Lipinski definition) is 7. The minimum atomic E-state index is -0.114. The fourth-order valence-corrected chi connectivity index (χ4v) is 5.01. The first kappa shape index (κ1) is 22.9. The van der Waals surface area contributed by atoms with E-state index in [1.54, 1.807) is 6.07 Å². The first-order valence-corrected chi connectivity index (χ1v) is 11.8. The zero-order valence-corrected chi connectivity index (χ0v) is 19.7. The van der Waals surface area contributed by atoms with Crippen LogP contribution in [-0.2, 0) is 16.0 Å². The molecular formula is C25H26N4O3S. The van der Waals surface area contributed by atoms with E-state index in [0.717, 1.165) is 46.0 Å². The smallest absolute Gasteiger partial charge is 0.246 e. The van der Waals surface area contributed by atoms with Crippen LogP contribution in [0.2, 0.25) is 0 Å². The highest BCUT2D eigenvalue weighted by atomic mass is 32.1. The molecule has 3 aromatic rings. The van der Waals surface area contributed by atoms with Crippen molar-refractivity contribution in [2.75, 3.05) is 13.7 Å². The summed E-state index contributed by atoms with van der Waals surface area (Å²) in [7, 11) is 1.52. The number of nitriles is 1. The maximum absolute atomic E-state index is 12.1. The lowest BCUT2D eigenvalue weighted by atomic mass is 9.85. The van der Waals surface area contributed by atoms with Crippen molar-refractivity contribution in [2.45, 2.75) is 45.3 Å². The zero-order valence-electron chi connectivity index (χ0n) is 18.9. The number of fused-ring (bicyclic) bond motifs is 1. The Morgan fingerprint density at radius 3 is 2.85 bits per heavy atom. The second kappa shape index (κ2) is 10.1. The molecule has 1 heterocycles. The summed E-state index contributed by atoms with van der Waals surface area (Å²) in [6.07, 6.45) is 2.80. The van der Waals surface area contributed by atoms with Gasteiger partial charge in [-0.05, 0) is 62.4 Å². The summed E-state index contributed by atoms with van der Waals surface area (Å²) < 4.78 is 10.7. The van der Waals surface area contributed by atoms with Crippen LogP contribution in [-0.4, -0.2) is 35.9 Å². The molecule has 0 fully saturated rings. The van der Waals surface area contributed by atoms with E-state index in [4.69, 9.17) is 9.47 Å². The van der Waals surface area contributed by atoms with E-state index in [9.17, 15) is 10.1 Å². The van der Waals surface area contributed by atoms with Gasteiger partial charge in [0.25, 0.3) is 0 Å². The lowest BCUT2D eigenvalue weighted by Gasteiger charge is -2.27. The van der Waals surface area contributed by atoms with E-state index in [-0.39, 0.29) is 24.7 Å². The van der Waals surface area contributed by atoms with Crippen LogP contribution >= 0.6 is 11.3 Å². The maximum Gasteiger partial charge on any atom is 0.246 e. The molecule has 1 N–H and O–H groups in total. The van der Waals surface area contributed by atoms with E-state index in [1.807, 2.05) is 32.0 Å². The summed E-state index contributed by atoms with van der Waals surface area (Å²) in [4.78, 5) is 12.1. The number of aromatic nitrogens is 2. The largest absolute Gasteiger partial charge is 0.490 e. The standard InChI is InChI=1S/C25H26N4O3S/c1-15(2)32-22-11-10-16(12-17(22)13-26)24-28-29-25(33-24)20-8-4-7-19-18(20)6-5-9-21(19)27-23(30)14-31-3/h4,7-8,10-12,15,21H,5-6,9,14H2,1-3H3,(H,27,30)/t21-/m0/s1. The first-order valence-electron chi connectivity index (χ1n) is 10.9. The van der Waals surface area contributed by atoms with Gasteiger partial charge in [0.15, 0.2) is 0 Å². The van der Waals surface area contributed by atoms with Gasteiger partial charge in [0.1, 0.15) is 28.4 Å². The van der Waals surface area contributed by atoms with Gasteiger partial charge in [0, 0.05) is 18.2 Å². The average Bonchev–Trinajstić information content (AvgIpc) is 3.29. The van der Waals surface area contributed by atoms with Crippen LogP contribution in [0.15, 0.2) is 36.4 Å². The van der Waals surface area contributed by atoms with E-state index >= 15 is 0 Å². The maximum atomic E-state index is 12.1. The number of benzene rings is 2. The number of carbonyl (C=O) groups is 1. The Morgan fingerprint density at radius 2 is 2.09 bits per heavy atom. The molecule has 2 aromatic carbocycles. The minimum absolute atomic E-state index is 0.0107. The summed E-state index contributed by atoms with van der Waals surface area (Å²) in [5.74, 6) is 0.455. The highest BCUT2D eigenvalue weighted by Crippen LogP contribution is 2.39. The quantitative estimate of drug-likeness (QED) is 0.548. The normalized spacial score (nSPS) is 15.1. The molecule has 1 amide bonds. The van der Waals surface area contributed by atoms with Gasteiger partial charge in [0.05, 0.1) is 17.7 Å². The van der Waals surface area contributed by atoms with Crippen LogP contribution in [0.25, 0.3) is 21.1 Å². The summed E-state index contributed by atoms with van der Waals surface area (Å²) in [5, 5.41) is 23.0. The minimum Gasteiger partial charge on any atom is -0.490 e. The highest BCUT2D eigenvalue weighted by molar-refractivity contribution is 7.17. The number of nitrogens with zero attached hydrogens (tertiary/aromatic N) is 3. The molecule has 1 aromatic heterocycles. The molecule has 33 heavy (non-hydrogen) atoms. The zero-order chi connectivity index (χ0) is 23.4. The molecule has 1 aliphatic carbocycles. The van der Waals surface area contributed by atoms with E-state index < -0.39 is 0 Å². The Labute approximate surface area is 197 Å². The molecule has 1 aliphatic rings. The van der Waals surface area contributed by atoms with E-state index in [1.165, 1.54) is 24.0 Å². The molecule has 0 saturated carbocycles. The van der Waals surface area contributed by atoms with Crippen molar-refractivity contribution >= 4 is 17.2 Å². The second-order valence-corrected chi connectivity index (χ2v) is 9.20. The SMILES string of the molecule is COCC(=O)N[C@H]1CCCc2c(-c3nnc(-c4ccc(OC(C)C)c(C#N)c4)s3)cccc21. The Balaban J connectivity index is 1.64. The van der Waals surface area contributed by atoms with Gasteiger partial charge >= 0.3 is 0 Å². The second-order valence-electron chi connectivity index (χ2n) is 8.22. The Bertz CT molecular complexity index is 1200. The van der Waals surface area contributed by atoms with Gasteiger partial charge in [0.2, 0.25) is 5.91 Å². The molecule has 0 unspecified atom stereocenters. The Hall–Kier alpha value is -3.28. The summed E-state index contributed by atoms with van der Waals surface area (Å²) in [6, 6.07) is 13.8. The fraction of sp³-hybridized carbons (Fsp3) is 0.360. The molecule has 0 radical (unpaired) electrons. The van der Waals surface area contributed by atoms with Crippen LogP contribution in [0.5, 0.6) is 5.75 Å². The summed E-state index contributed by atoms with van der Waals surface area (Å²) in [6.45, 7) is 3.91. The van der Waals surface area contributed by atoms with Crippen molar-refractivity contribution in [2.24, 2.45) is 0 Å². The number of nitrogens with one attached hydrogen (secondary N) is 1. The Kier molecular flexibility index (Phi) is 7.02. The lowest BCUT2D eigenvalue weighted by Crippen LogP contribution is -2.33. The number of carbonyl (C=O) groups excluding carboxylic acids is 1. The highest BCUT2D eigenvalue weighted by Gasteiger charge is 2.25. The number of ether oxygens (including phenoxy) is 2. The van der Waals surface area contributed by atoms with Crippen molar-refractivity contribution in [1.82, 2.24) is 15.5 Å². The number of methoxy groups -OCH3 is 1. The molecule has 0 spiro atoms. The van der Waals surface area contributed by atoms with Crippen molar-refractivity contribution < 1.29 is 14.3 Å². The molecule has 8 heteroatoms. The van der Waals surface area contributed by atoms with Crippen LogP contribution in [0, 0.1) is 11.3 Å². The molecule has 4 rings (SSSR count). The molecule has 0 aliphatic heterocycles. The molecule has 170 valence electrons. The molecular weight excluding hydrogens is 436 g/mol. The topological polar surface area (TPSA) is 97.1 Å². The third-order valence-corrected chi connectivity index (χ3v) is 6.49. The van der Waals surface area contributed by atoms with Gasteiger partial charge < -0.3 is 14.8 Å². The van der Waals surface area contributed by atoms with Crippen molar-refractivity contribution in [3.8, 4) is 33.0 Å². The molecule has 0 bridgehead atoms. The van der Waals surface area contributed by atoms with Gasteiger partial charge in [-0.25, -0.2) is 0 Å². The number of hydrogen-bond donors (Lipinski definition) is 1. The van der Waals surface area contributed by atoms with Crippen LogP contribution < -0.4 is 10.1 Å². The van der Waals surface area contributed by atoms with Crippen LogP contribution in [0.3, 0.4) is 0 Å². The third-order valence-electron chi connectivity index (χ3n) is 5.48. The predicted molar refractivity (Wildman–Crippen MR) is 127 cm³/mol. The summed E-state index contributed by atoms with van der Waals surface area (Å²) in [5.41, 5.74) is 4.68. The number of rotatable bonds is 7. The van der Waals surface area contributed by atoms with Crippen molar-refractivity contribution in [3.63, 3.8) is 0 Å². The molecule has 0 saturated heterocycles. The lowest BCUT2D eigenvalue weighted by molar-refractivity contribution is -0.125. The van der Waals surface area contributed by atoms with Crippen LogP contribution in [0.4, 0.5) is 0 Å². The third kappa shape index (κ3) is 5.05. The molecule has 7 nitrogen and oxygen atoms in total. The van der Waals surface area contributed by atoms with Gasteiger partial charge in [-0.2, -0.15) is 5.26 Å². The van der Waals surface area contributed by atoms with Crippen molar-refractivity contribution in [1.29, 1.82) is 5.26 Å². The predicted octanol–water partition coefficient (Wildman–Crippen LogP) is 4.67.